The van der Waals surface area contributed by atoms with Crippen molar-refractivity contribution in [1.29, 1.82) is 0 Å². The van der Waals surface area contributed by atoms with Gasteiger partial charge in [-0.3, -0.25) is 0 Å². The Labute approximate surface area is 355 Å². The maximum absolute atomic E-state index is 6.84. The molecule has 13 rings (SSSR count). The maximum Gasteiger partial charge on any atom is 0.164 e. The minimum absolute atomic E-state index is 0.583. The van der Waals surface area contributed by atoms with Gasteiger partial charge in [-0.1, -0.05) is 164 Å². The van der Waals surface area contributed by atoms with Crippen LogP contribution in [0.4, 0.5) is 0 Å². The number of rotatable bonds is 5. The van der Waals surface area contributed by atoms with Crippen molar-refractivity contribution in [3.8, 4) is 56.4 Å². The van der Waals surface area contributed by atoms with Crippen LogP contribution in [-0.4, -0.2) is 15.0 Å². The van der Waals surface area contributed by atoms with E-state index in [0.29, 0.717) is 17.5 Å². The van der Waals surface area contributed by atoms with E-state index in [1.54, 1.807) is 0 Å². The van der Waals surface area contributed by atoms with E-state index in [1.807, 2.05) is 66.7 Å². The average Bonchev–Trinajstić information content (AvgIpc) is 3.92. The molecular formula is C57H33N3O2. The first kappa shape index (κ1) is 34.5. The molecule has 0 radical (unpaired) electrons. The predicted octanol–water partition coefficient (Wildman–Crippen LogP) is 15.5. The van der Waals surface area contributed by atoms with Crippen LogP contribution in [0.1, 0.15) is 0 Å². The summed E-state index contributed by atoms with van der Waals surface area (Å²) in [5, 5.41) is 11.8. The summed E-state index contributed by atoms with van der Waals surface area (Å²) in [7, 11) is 0. The minimum atomic E-state index is 0.583. The molecule has 288 valence electrons. The summed E-state index contributed by atoms with van der Waals surface area (Å²) >= 11 is 0. The molecule has 0 unspecified atom stereocenters. The van der Waals surface area contributed by atoms with E-state index in [-0.39, 0.29) is 0 Å². The van der Waals surface area contributed by atoms with E-state index in [2.05, 4.69) is 133 Å². The summed E-state index contributed by atoms with van der Waals surface area (Å²) in [5.74, 6) is 1.82. The third-order valence-electron chi connectivity index (χ3n) is 12.3. The van der Waals surface area contributed by atoms with Crippen molar-refractivity contribution in [3.63, 3.8) is 0 Å². The number of hydrogen-bond acceptors (Lipinski definition) is 5. The first-order valence-corrected chi connectivity index (χ1v) is 20.8. The molecule has 0 aliphatic rings. The average molecular weight is 792 g/mol. The molecule has 3 heterocycles. The van der Waals surface area contributed by atoms with Crippen LogP contribution >= 0.6 is 0 Å². The van der Waals surface area contributed by atoms with Gasteiger partial charge < -0.3 is 8.83 Å². The standard InChI is InChI=1S/C57H33N3O2/c1-3-13-34(14-4-1)55-58-56(35-15-5-2-6-16-35)60-57(59-55)38-27-29-44-46-22-11-23-47(54(46)62-51(44)33-38)45-21-12-24-50-53(45)48-30-26-37(32-52(48)61-50)36-25-28-43-41-19-8-7-17-39(41)40-18-9-10-20-42(40)49(43)31-36/h1-33H. The molecule has 0 saturated carbocycles. The highest BCUT2D eigenvalue weighted by Gasteiger charge is 2.20. The third-order valence-corrected chi connectivity index (χ3v) is 12.3. The molecule has 5 nitrogen and oxygen atoms in total. The van der Waals surface area contributed by atoms with E-state index in [0.717, 1.165) is 82.8 Å². The van der Waals surface area contributed by atoms with Crippen molar-refractivity contribution in [2.75, 3.05) is 0 Å². The number of furan rings is 2. The van der Waals surface area contributed by atoms with Crippen LogP contribution in [0.5, 0.6) is 0 Å². The topological polar surface area (TPSA) is 65.0 Å². The summed E-state index contributed by atoms with van der Waals surface area (Å²) < 4.78 is 13.5. The van der Waals surface area contributed by atoms with Gasteiger partial charge in [-0.05, 0) is 85.4 Å². The van der Waals surface area contributed by atoms with Crippen LogP contribution < -0.4 is 0 Å². The van der Waals surface area contributed by atoms with E-state index < -0.39 is 0 Å². The van der Waals surface area contributed by atoms with Crippen molar-refractivity contribution in [2.45, 2.75) is 0 Å². The molecule has 5 heteroatoms. The van der Waals surface area contributed by atoms with Gasteiger partial charge in [-0.2, -0.15) is 0 Å². The van der Waals surface area contributed by atoms with Gasteiger partial charge in [0, 0.05) is 43.8 Å². The Balaban J connectivity index is 0.925. The van der Waals surface area contributed by atoms with E-state index in [1.165, 1.54) is 32.3 Å². The Morgan fingerprint density at radius 3 is 1.40 bits per heavy atom. The molecule has 0 amide bonds. The lowest BCUT2D eigenvalue weighted by atomic mass is 9.92. The number of hydrogen-bond donors (Lipinski definition) is 0. The van der Waals surface area contributed by atoms with Crippen LogP contribution in [0.2, 0.25) is 0 Å². The Morgan fingerprint density at radius 2 is 0.726 bits per heavy atom. The summed E-state index contributed by atoms with van der Waals surface area (Å²) in [6.45, 7) is 0. The molecule has 13 aromatic rings. The van der Waals surface area contributed by atoms with Gasteiger partial charge in [-0.15, -0.1) is 0 Å². The summed E-state index contributed by atoms with van der Waals surface area (Å²) in [4.78, 5) is 14.8. The molecule has 0 atom stereocenters. The van der Waals surface area contributed by atoms with Gasteiger partial charge in [0.05, 0.1) is 0 Å². The number of benzene rings is 10. The fourth-order valence-corrected chi connectivity index (χ4v) is 9.40. The van der Waals surface area contributed by atoms with Crippen LogP contribution in [-0.2, 0) is 0 Å². The fraction of sp³-hybridized carbons (Fsp3) is 0. The van der Waals surface area contributed by atoms with Crippen LogP contribution in [0, 0.1) is 0 Å². The van der Waals surface area contributed by atoms with Gasteiger partial charge >= 0.3 is 0 Å². The molecule has 10 aromatic carbocycles. The number of aromatic nitrogens is 3. The first-order valence-electron chi connectivity index (χ1n) is 20.8. The Bertz CT molecular complexity index is 3830. The Kier molecular flexibility index (Phi) is 7.54. The fourth-order valence-electron chi connectivity index (χ4n) is 9.40. The van der Waals surface area contributed by atoms with Crippen molar-refractivity contribution in [1.82, 2.24) is 15.0 Å². The largest absolute Gasteiger partial charge is 0.456 e. The monoisotopic (exact) mass is 791 g/mol. The molecule has 0 N–H and O–H groups in total. The molecule has 0 spiro atoms. The second-order valence-corrected chi connectivity index (χ2v) is 15.9. The summed E-state index contributed by atoms with van der Waals surface area (Å²) in [5.41, 5.74) is 10.3. The van der Waals surface area contributed by atoms with E-state index in [4.69, 9.17) is 23.8 Å². The molecule has 0 aliphatic carbocycles. The van der Waals surface area contributed by atoms with Gasteiger partial charge in [-0.25, -0.2) is 15.0 Å². The second-order valence-electron chi connectivity index (χ2n) is 15.9. The number of nitrogens with zero attached hydrogens (tertiary/aromatic N) is 3. The quantitative estimate of drug-likeness (QED) is 0.162. The van der Waals surface area contributed by atoms with Crippen molar-refractivity contribution < 1.29 is 8.83 Å². The smallest absolute Gasteiger partial charge is 0.164 e. The number of para-hydroxylation sites is 1. The summed E-state index contributed by atoms with van der Waals surface area (Å²) in [6.07, 6.45) is 0. The highest BCUT2D eigenvalue weighted by atomic mass is 16.3. The van der Waals surface area contributed by atoms with Gasteiger partial charge in [0.1, 0.15) is 22.3 Å². The third kappa shape index (κ3) is 5.38. The van der Waals surface area contributed by atoms with Gasteiger partial charge in [0.2, 0.25) is 0 Å². The first-order chi connectivity index (χ1) is 30.7. The van der Waals surface area contributed by atoms with E-state index >= 15 is 0 Å². The normalized spacial score (nSPS) is 11.9. The molecular weight excluding hydrogens is 759 g/mol. The molecule has 62 heavy (non-hydrogen) atoms. The lowest BCUT2D eigenvalue weighted by Crippen LogP contribution is -2.00. The lowest BCUT2D eigenvalue weighted by Gasteiger charge is -2.12. The molecule has 0 aliphatic heterocycles. The van der Waals surface area contributed by atoms with Gasteiger partial charge in [0.25, 0.3) is 0 Å². The maximum atomic E-state index is 6.84. The predicted molar refractivity (Wildman–Crippen MR) is 254 cm³/mol. The molecule has 3 aromatic heterocycles. The molecule has 0 bridgehead atoms. The molecule has 0 saturated heterocycles. The van der Waals surface area contributed by atoms with Crippen molar-refractivity contribution in [3.05, 3.63) is 200 Å². The SMILES string of the molecule is c1ccc(-c2nc(-c3ccccc3)nc(-c3ccc4c(c3)oc3c(-c5cccc6oc7cc(-c8ccc9c%10ccccc%10c%10ccccc%10c9c8)ccc7c56)cccc34)n2)cc1. The van der Waals surface area contributed by atoms with Crippen LogP contribution in [0.15, 0.2) is 209 Å². The minimum Gasteiger partial charge on any atom is -0.456 e. The summed E-state index contributed by atoms with van der Waals surface area (Å²) in [6, 6.07) is 69.8. The zero-order chi connectivity index (χ0) is 40.7. The Hall–Kier alpha value is -8.41. The van der Waals surface area contributed by atoms with Crippen LogP contribution in [0.3, 0.4) is 0 Å². The lowest BCUT2D eigenvalue weighted by molar-refractivity contribution is 0.669. The van der Waals surface area contributed by atoms with Crippen molar-refractivity contribution >= 4 is 76.2 Å². The van der Waals surface area contributed by atoms with Gasteiger partial charge in [0.15, 0.2) is 17.5 Å². The Morgan fingerprint density at radius 1 is 0.258 bits per heavy atom. The zero-order valence-corrected chi connectivity index (χ0v) is 33.2. The highest BCUT2D eigenvalue weighted by molar-refractivity contribution is 6.26. The highest BCUT2D eigenvalue weighted by Crippen LogP contribution is 2.44. The van der Waals surface area contributed by atoms with E-state index in [9.17, 15) is 0 Å². The van der Waals surface area contributed by atoms with Crippen LogP contribution in [0.25, 0.3) is 133 Å². The molecule has 0 fully saturated rings. The van der Waals surface area contributed by atoms with Crippen molar-refractivity contribution in [2.24, 2.45) is 0 Å². The second kappa shape index (κ2) is 13.6. The zero-order valence-electron chi connectivity index (χ0n) is 33.2. The number of fused-ring (bicyclic) bond motifs is 12.